The molecule has 0 heterocycles. The van der Waals surface area contributed by atoms with Crippen molar-refractivity contribution < 1.29 is 19.8 Å². The Morgan fingerprint density at radius 2 is 1.33 bits per heavy atom. The fraction of sp³-hybridized carbons (Fsp3) is 0.455. The second-order valence-corrected chi connectivity index (χ2v) is 4.05. The van der Waals surface area contributed by atoms with Crippen LogP contribution < -0.4 is 0 Å². The predicted octanol–water partition coefficient (Wildman–Crippen LogP) is 2.07. The zero-order valence-electron chi connectivity index (χ0n) is 8.93. The highest BCUT2D eigenvalue weighted by molar-refractivity contribution is 5.80. The van der Waals surface area contributed by atoms with Crippen molar-refractivity contribution in [2.75, 3.05) is 0 Å². The first kappa shape index (κ1) is 13.4. The van der Waals surface area contributed by atoms with E-state index >= 15 is 0 Å². The molecule has 0 saturated carbocycles. The quantitative estimate of drug-likeness (QED) is 0.661. The lowest BCUT2D eigenvalue weighted by atomic mass is 9.85. The van der Waals surface area contributed by atoms with Crippen LogP contribution in [0.15, 0.2) is 24.3 Å². The van der Waals surface area contributed by atoms with E-state index in [2.05, 4.69) is 0 Å². The van der Waals surface area contributed by atoms with Gasteiger partial charge in [0.25, 0.3) is 0 Å². The van der Waals surface area contributed by atoms with Crippen LogP contribution in [0, 0.1) is 5.41 Å². The molecule has 84 valence electrons. The molecule has 0 radical (unpaired) electrons. The van der Waals surface area contributed by atoms with Crippen molar-refractivity contribution in [1.29, 1.82) is 0 Å². The van der Waals surface area contributed by atoms with Crippen molar-refractivity contribution in [2.45, 2.75) is 26.7 Å². The number of hydrogen-bond acceptors (Lipinski definition) is 2. The van der Waals surface area contributed by atoms with E-state index in [9.17, 15) is 9.59 Å². The second-order valence-electron chi connectivity index (χ2n) is 4.05. The number of carboxylic acids is 2. The Hall–Kier alpha value is -1.58. The molecule has 0 fully saturated rings. The molecule has 4 nitrogen and oxygen atoms in total. The third-order valence-electron chi connectivity index (χ3n) is 1.86. The van der Waals surface area contributed by atoms with E-state index in [1.54, 1.807) is 12.2 Å². The molecule has 0 saturated heterocycles. The van der Waals surface area contributed by atoms with Crippen LogP contribution in [-0.2, 0) is 9.59 Å². The van der Waals surface area contributed by atoms with Crippen LogP contribution in [-0.4, -0.2) is 22.2 Å². The Kier molecular flexibility index (Phi) is 5.37. The van der Waals surface area contributed by atoms with Crippen molar-refractivity contribution in [2.24, 2.45) is 5.41 Å². The zero-order chi connectivity index (χ0) is 11.9. The molecule has 0 aliphatic heterocycles. The summed E-state index contributed by atoms with van der Waals surface area (Å²) in [5.74, 6) is -1.93. The normalized spacial score (nSPS) is 12.4. The minimum Gasteiger partial charge on any atom is -0.478 e. The maximum Gasteiger partial charge on any atom is 0.327 e. The smallest absolute Gasteiger partial charge is 0.327 e. The first-order valence-electron chi connectivity index (χ1n) is 4.62. The molecule has 0 aliphatic rings. The molecule has 0 aromatic carbocycles. The van der Waals surface area contributed by atoms with Gasteiger partial charge >= 0.3 is 11.9 Å². The lowest BCUT2D eigenvalue weighted by Gasteiger charge is -2.20. The van der Waals surface area contributed by atoms with Crippen molar-refractivity contribution >= 4 is 11.9 Å². The van der Waals surface area contributed by atoms with E-state index in [1.807, 2.05) is 13.8 Å². The minimum atomic E-state index is -0.966. The zero-order valence-corrected chi connectivity index (χ0v) is 8.93. The van der Waals surface area contributed by atoms with Crippen molar-refractivity contribution in [3.8, 4) is 0 Å². The summed E-state index contributed by atoms with van der Waals surface area (Å²) in [7, 11) is 0. The lowest BCUT2D eigenvalue weighted by Crippen LogP contribution is -2.08. The first-order valence-corrected chi connectivity index (χ1v) is 4.62. The summed E-state index contributed by atoms with van der Waals surface area (Å²) in [5.41, 5.74) is -0.127. The van der Waals surface area contributed by atoms with Gasteiger partial charge in [0.05, 0.1) is 0 Å². The van der Waals surface area contributed by atoms with Gasteiger partial charge in [-0.15, -0.1) is 0 Å². The van der Waals surface area contributed by atoms with Crippen LogP contribution in [0.2, 0.25) is 0 Å². The Balaban J connectivity index is 4.07. The maximum atomic E-state index is 10.2. The van der Waals surface area contributed by atoms with Gasteiger partial charge in [-0.05, 0) is 18.3 Å². The summed E-state index contributed by atoms with van der Waals surface area (Å²) >= 11 is 0. The van der Waals surface area contributed by atoms with E-state index in [4.69, 9.17) is 10.2 Å². The number of rotatable bonds is 6. The molecule has 4 heteroatoms. The number of allylic oxidation sites excluding steroid dienone is 2. The summed E-state index contributed by atoms with van der Waals surface area (Å²) in [6.45, 7) is 3.90. The fourth-order valence-corrected chi connectivity index (χ4v) is 1.04. The van der Waals surface area contributed by atoms with Gasteiger partial charge in [0, 0.05) is 12.2 Å². The number of carboxylic acid groups (broad SMARTS) is 2. The third kappa shape index (κ3) is 8.74. The molecule has 0 aliphatic carbocycles. The van der Waals surface area contributed by atoms with Crippen LogP contribution in [0.5, 0.6) is 0 Å². The van der Waals surface area contributed by atoms with E-state index in [-0.39, 0.29) is 5.41 Å². The SMILES string of the molecule is CC(C)(CC=CC(=O)O)CC=CC(=O)O. The number of hydrogen-bond donors (Lipinski definition) is 2. The van der Waals surface area contributed by atoms with Gasteiger partial charge in [0.15, 0.2) is 0 Å². The summed E-state index contributed by atoms with van der Waals surface area (Å²) in [6, 6.07) is 0. The molecule has 0 aromatic heterocycles. The highest BCUT2D eigenvalue weighted by Gasteiger charge is 2.14. The molecule has 0 rings (SSSR count). The molecule has 0 amide bonds. The second kappa shape index (κ2) is 6.01. The summed E-state index contributed by atoms with van der Waals surface area (Å²) < 4.78 is 0. The Labute approximate surface area is 88.9 Å². The number of carbonyl (C=O) groups is 2. The Morgan fingerprint density at radius 1 is 1.00 bits per heavy atom. The van der Waals surface area contributed by atoms with Crippen LogP contribution in [0.3, 0.4) is 0 Å². The van der Waals surface area contributed by atoms with E-state index in [0.29, 0.717) is 12.8 Å². The largest absolute Gasteiger partial charge is 0.478 e. The van der Waals surface area contributed by atoms with E-state index < -0.39 is 11.9 Å². The molecule has 0 aromatic rings. The van der Waals surface area contributed by atoms with Crippen molar-refractivity contribution in [3.05, 3.63) is 24.3 Å². The molecule has 0 unspecified atom stereocenters. The third-order valence-corrected chi connectivity index (χ3v) is 1.86. The van der Waals surface area contributed by atoms with Crippen LogP contribution >= 0.6 is 0 Å². The van der Waals surface area contributed by atoms with Gasteiger partial charge in [0.1, 0.15) is 0 Å². The maximum absolute atomic E-state index is 10.2. The molecule has 0 spiro atoms. The summed E-state index contributed by atoms with van der Waals surface area (Å²) in [6.07, 6.45) is 6.56. The Bertz CT molecular complexity index is 259. The van der Waals surface area contributed by atoms with Crippen LogP contribution in [0.1, 0.15) is 26.7 Å². The van der Waals surface area contributed by atoms with E-state index in [1.165, 1.54) is 0 Å². The summed E-state index contributed by atoms with van der Waals surface area (Å²) in [5, 5.41) is 16.8. The fourth-order valence-electron chi connectivity index (χ4n) is 1.04. The topological polar surface area (TPSA) is 74.6 Å². The molecular weight excluding hydrogens is 196 g/mol. The lowest BCUT2D eigenvalue weighted by molar-refractivity contribution is -0.132. The van der Waals surface area contributed by atoms with Gasteiger partial charge in [-0.25, -0.2) is 9.59 Å². The molecule has 0 atom stereocenters. The van der Waals surface area contributed by atoms with Gasteiger partial charge < -0.3 is 10.2 Å². The standard InChI is InChI=1S/C11H16O4/c1-11(2,7-3-5-9(12)13)8-4-6-10(14)15/h3-6H,7-8H2,1-2H3,(H,12,13)(H,14,15). The van der Waals surface area contributed by atoms with E-state index in [0.717, 1.165) is 12.2 Å². The highest BCUT2D eigenvalue weighted by atomic mass is 16.4. The Morgan fingerprint density at radius 3 is 1.60 bits per heavy atom. The average molecular weight is 212 g/mol. The minimum absolute atomic E-state index is 0.127. The number of aliphatic carboxylic acids is 2. The molecule has 0 bridgehead atoms. The van der Waals surface area contributed by atoms with Gasteiger partial charge in [-0.2, -0.15) is 0 Å². The monoisotopic (exact) mass is 212 g/mol. The average Bonchev–Trinajstić information content (AvgIpc) is 2.01. The molecule has 2 N–H and O–H groups in total. The van der Waals surface area contributed by atoms with Crippen LogP contribution in [0.25, 0.3) is 0 Å². The van der Waals surface area contributed by atoms with Gasteiger partial charge in [-0.1, -0.05) is 26.0 Å². The van der Waals surface area contributed by atoms with Crippen molar-refractivity contribution in [3.63, 3.8) is 0 Å². The van der Waals surface area contributed by atoms with Crippen LogP contribution in [0.4, 0.5) is 0 Å². The molecular formula is C11H16O4. The predicted molar refractivity (Wildman–Crippen MR) is 56.6 cm³/mol. The molecule has 15 heavy (non-hydrogen) atoms. The van der Waals surface area contributed by atoms with Gasteiger partial charge in [-0.3, -0.25) is 0 Å². The van der Waals surface area contributed by atoms with Crippen molar-refractivity contribution in [1.82, 2.24) is 0 Å². The summed E-state index contributed by atoms with van der Waals surface area (Å²) in [4.78, 5) is 20.4. The highest BCUT2D eigenvalue weighted by Crippen LogP contribution is 2.25. The van der Waals surface area contributed by atoms with Gasteiger partial charge in [0.2, 0.25) is 0 Å². The first-order chi connectivity index (χ1) is 6.83.